The van der Waals surface area contributed by atoms with Crippen LogP contribution in [0.25, 0.3) is 0 Å². The Hall–Kier alpha value is -2.62. The van der Waals surface area contributed by atoms with Crippen molar-refractivity contribution in [2.24, 2.45) is 5.92 Å². The fourth-order valence-corrected chi connectivity index (χ4v) is 5.71. The summed E-state index contributed by atoms with van der Waals surface area (Å²) in [5.74, 6) is -3.01. The third kappa shape index (κ3) is 7.24. The Kier molecular flexibility index (Phi) is 9.61. The number of hydrogen-bond acceptors (Lipinski definition) is 6. The fourth-order valence-electron chi connectivity index (χ4n) is 4.89. The number of esters is 1. The van der Waals surface area contributed by atoms with E-state index < -0.39 is 45.8 Å². The van der Waals surface area contributed by atoms with E-state index in [1.165, 1.54) is 4.90 Å². The number of piperidine rings is 1. The van der Waals surface area contributed by atoms with Crippen LogP contribution in [0.3, 0.4) is 0 Å². The molecule has 8 nitrogen and oxygen atoms in total. The molecule has 1 fully saturated rings. The van der Waals surface area contributed by atoms with E-state index in [4.69, 9.17) is 27.9 Å². The standard InChI is InChI=1S/C26H30Cl2N2O6S/c1-4-22(26(33)36-5-2)30-24(16-9-11-19(27)12-10-16)21(17-7-6-8-20(28)13-17)14-18(25(30)32)15-23(31)29-37(3,34)35/h6-13,18,21-22,24H,4-5,14-15H2,1-3H3,(H,29,31)/t18-,21-,22+,24-/m1/s1. The normalized spacial score (nSPS) is 20.8. The summed E-state index contributed by atoms with van der Waals surface area (Å²) >= 11 is 12.5. The zero-order chi connectivity index (χ0) is 27.3. The third-order valence-corrected chi connectivity index (χ3v) is 7.41. The highest BCUT2D eigenvalue weighted by Crippen LogP contribution is 2.47. The predicted molar refractivity (Wildman–Crippen MR) is 142 cm³/mol. The van der Waals surface area contributed by atoms with E-state index in [-0.39, 0.29) is 31.8 Å². The van der Waals surface area contributed by atoms with Crippen molar-refractivity contribution in [1.29, 1.82) is 0 Å². The maximum atomic E-state index is 14.0. The lowest BCUT2D eigenvalue weighted by atomic mass is 9.74. The number of carbonyl (C=O) groups is 3. The number of nitrogens with zero attached hydrogens (tertiary/aromatic N) is 1. The van der Waals surface area contributed by atoms with Gasteiger partial charge in [0.1, 0.15) is 6.04 Å². The Morgan fingerprint density at radius 1 is 1.08 bits per heavy atom. The molecule has 1 aliphatic rings. The molecule has 2 aromatic carbocycles. The monoisotopic (exact) mass is 568 g/mol. The van der Waals surface area contributed by atoms with Gasteiger partial charge in [0.15, 0.2) is 0 Å². The van der Waals surface area contributed by atoms with Crippen LogP contribution in [0.4, 0.5) is 0 Å². The van der Waals surface area contributed by atoms with Gasteiger partial charge in [0, 0.05) is 28.3 Å². The van der Waals surface area contributed by atoms with Gasteiger partial charge in [-0.05, 0) is 55.2 Å². The third-order valence-electron chi connectivity index (χ3n) is 6.32. The Bertz CT molecular complexity index is 1250. The largest absolute Gasteiger partial charge is 0.464 e. The van der Waals surface area contributed by atoms with Crippen LogP contribution in [0.5, 0.6) is 0 Å². The summed E-state index contributed by atoms with van der Waals surface area (Å²) in [6.45, 7) is 3.61. The average Bonchev–Trinajstić information content (AvgIpc) is 2.81. The van der Waals surface area contributed by atoms with E-state index in [1.54, 1.807) is 56.3 Å². The summed E-state index contributed by atoms with van der Waals surface area (Å²) in [6, 6.07) is 12.7. The molecule has 1 aliphatic heterocycles. The van der Waals surface area contributed by atoms with Crippen molar-refractivity contribution < 1.29 is 27.5 Å². The molecule has 4 atom stereocenters. The number of carbonyl (C=O) groups excluding carboxylic acids is 3. The molecule has 1 saturated heterocycles. The van der Waals surface area contributed by atoms with E-state index in [9.17, 15) is 22.8 Å². The van der Waals surface area contributed by atoms with Crippen molar-refractivity contribution in [1.82, 2.24) is 9.62 Å². The number of ether oxygens (including phenoxy) is 1. The van der Waals surface area contributed by atoms with Gasteiger partial charge in [-0.3, -0.25) is 14.3 Å². The number of amides is 2. The highest BCUT2D eigenvalue weighted by atomic mass is 35.5. The molecule has 11 heteroatoms. The number of rotatable bonds is 9. The Morgan fingerprint density at radius 2 is 1.76 bits per heavy atom. The minimum absolute atomic E-state index is 0.140. The molecular formula is C26H30Cl2N2O6S. The van der Waals surface area contributed by atoms with Crippen LogP contribution in [-0.4, -0.2) is 50.0 Å². The maximum absolute atomic E-state index is 14.0. The average molecular weight is 570 g/mol. The summed E-state index contributed by atoms with van der Waals surface area (Å²) in [5.41, 5.74) is 1.57. The number of nitrogens with one attached hydrogen (secondary N) is 1. The van der Waals surface area contributed by atoms with E-state index in [0.29, 0.717) is 10.0 Å². The zero-order valence-corrected chi connectivity index (χ0v) is 23.1. The number of likely N-dealkylation sites (tertiary alicyclic amines) is 1. The van der Waals surface area contributed by atoms with Gasteiger partial charge in [-0.2, -0.15) is 0 Å². The molecule has 1 heterocycles. The lowest BCUT2D eigenvalue weighted by Crippen LogP contribution is -2.55. The van der Waals surface area contributed by atoms with Crippen molar-refractivity contribution in [2.45, 2.75) is 51.1 Å². The summed E-state index contributed by atoms with van der Waals surface area (Å²) in [4.78, 5) is 41.1. The van der Waals surface area contributed by atoms with Gasteiger partial charge < -0.3 is 9.64 Å². The van der Waals surface area contributed by atoms with Crippen LogP contribution in [0.2, 0.25) is 10.0 Å². The van der Waals surface area contributed by atoms with Crippen molar-refractivity contribution in [3.63, 3.8) is 0 Å². The van der Waals surface area contributed by atoms with Crippen molar-refractivity contribution >= 4 is 51.0 Å². The number of sulfonamides is 1. The van der Waals surface area contributed by atoms with Gasteiger partial charge in [-0.25, -0.2) is 13.2 Å². The van der Waals surface area contributed by atoms with E-state index in [2.05, 4.69) is 0 Å². The smallest absolute Gasteiger partial charge is 0.328 e. The van der Waals surface area contributed by atoms with Crippen LogP contribution in [-0.2, 0) is 29.1 Å². The van der Waals surface area contributed by atoms with E-state index in [0.717, 1.165) is 17.4 Å². The lowest BCUT2D eigenvalue weighted by Gasteiger charge is -2.47. The molecular weight excluding hydrogens is 539 g/mol. The second-order valence-corrected chi connectivity index (χ2v) is 11.6. The predicted octanol–water partition coefficient (Wildman–Crippen LogP) is 4.47. The molecule has 2 aromatic rings. The van der Waals surface area contributed by atoms with E-state index in [1.807, 2.05) is 10.8 Å². The Balaban J connectivity index is 2.17. The summed E-state index contributed by atoms with van der Waals surface area (Å²) in [6.07, 6.45) is 1.03. The quantitative estimate of drug-likeness (QED) is 0.447. The van der Waals surface area contributed by atoms with Gasteiger partial charge in [0.05, 0.1) is 18.9 Å². The minimum Gasteiger partial charge on any atom is -0.464 e. The van der Waals surface area contributed by atoms with Gasteiger partial charge in [0.25, 0.3) is 0 Å². The zero-order valence-electron chi connectivity index (χ0n) is 20.8. The van der Waals surface area contributed by atoms with Crippen LogP contribution >= 0.6 is 23.2 Å². The van der Waals surface area contributed by atoms with Crippen LogP contribution in [0, 0.1) is 5.92 Å². The van der Waals surface area contributed by atoms with Gasteiger partial charge in [0.2, 0.25) is 21.8 Å². The highest BCUT2D eigenvalue weighted by Gasteiger charge is 2.48. The minimum atomic E-state index is -3.80. The molecule has 37 heavy (non-hydrogen) atoms. The molecule has 0 radical (unpaired) electrons. The first-order chi connectivity index (χ1) is 17.4. The molecule has 3 rings (SSSR count). The van der Waals surface area contributed by atoms with Gasteiger partial charge >= 0.3 is 5.97 Å². The molecule has 0 bridgehead atoms. The van der Waals surface area contributed by atoms with Crippen molar-refractivity contribution in [3.8, 4) is 0 Å². The maximum Gasteiger partial charge on any atom is 0.328 e. The Morgan fingerprint density at radius 3 is 2.32 bits per heavy atom. The molecule has 0 aromatic heterocycles. The van der Waals surface area contributed by atoms with Crippen molar-refractivity contribution in [2.75, 3.05) is 12.9 Å². The van der Waals surface area contributed by atoms with Crippen LogP contribution in [0.1, 0.15) is 56.2 Å². The second-order valence-electron chi connectivity index (χ2n) is 9.01. The van der Waals surface area contributed by atoms with E-state index >= 15 is 0 Å². The summed E-state index contributed by atoms with van der Waals surface area (Å²) in [7, 11) is -3.80. The highest BCUT2D eigenvalue weighted by molar-refractivity contribution is 7.89. The fraction of sp³-hybridized carbons (Fsp3) is 0.423. The molecule has 0 unspecified atom stereocenters. The molecule has 0 aliphatic carbocycles. The lowest BCUT2D eigenvalue weighted by molar-refractivity contribution is -0.163. The van der Waals surface area contributed by atoms with Crippen LogP contribution < -0.4 is 4.72 Å². The summed E-state index contributed by atoms with van der Waals surface area (Å²) in [5, 5.41) is 1.02. The SMILES string of the molecule is CCOC(=O)[C@H](CC)N1C(=O)[C@@H](CC(=O)NS(C)(=O)=O)C[C@H](c2cccc(Cl)c2)[C@H]1c1ccc(Cl)cc1. The number of halogens is 2. The topological polar surface area (TPSA) is 110 Å². The molecule has 1 N–H and O–H groups in total. The van der Waals surface area contributed by atoms with Crippen LogP contribution in [0.15, 0.2) is 48.5 Å². The second kappa shape index (κ2) is 12.3. The van der Waals surface area contributed by atoms with Crippen molar-refractivity contribution in [3.05, 3.63) is 69.7 Å². The molecule has 0 spiro atoms. The first kappa shape index (κ1) is 28.9. The molecule has 200 valence electrons. The molecule has 0 saturated carbocycles. The number of hydrogen-bond donors (Lipinski definition) is 1. The van der Waals surface area contributed by atoms with Gasteiger partial charge in [-0.15, -0.1) is 0 Å². The Labute approximate surface area is 227 Å². The first-order valence-electron chi connectivity index (χ1n) is 12.0. The summed E-state index contributed by atoms with van der Waals surface area (Å²) < 4.78 is 30.5. The van der Waals surface area contributed by atoms with Gasteiger partial charge in [-0.1, -0.05) is 54.4 Å². The molecule has 2 amide bonds. The first-order valence-corrected chi connectivity index (χ1v) is 14.6. The number of benzene rings is 2.